The molecular weight excluding hydrogens is 305 g/mol. The Hall–Kier alpha value is -2.31. The molecule has 6 nitrogen and oxygen atoms in total. The highest BCUT2D eigenvalue weighted by molar-refractivity contribution is 6.61. The van der Waals surface area contributed by atoms with E-state index in [9.17, 15) is 0 Å². The summed E-state index contributed by atoms with van der Waals surface area (Å²) in [6.07, 6.45) is -0.344. The third-order valence-corrected chi connectivity index (χ3v) is 3.81. The maximum Gasteiger partial charge on any atom is 0.494 e. The molecule has 24 heavy (non-hydrogen) atoms. The van der Waals surface area contributed by atoms with Crippen LogP contribution in [0.5, 0.6) is 0 Å². The number of ether oxygens (including phenoxy) is 1. The Kier molecular flexibility index (Phi) is 5.87. The van der Waals surface area contributed by atoms with Gasteiger partial charge in [0.05, 0.1) is 25.4 Å². The van der Waals surface area contributed by atoms with Crippen LogP contribution in [0.2, 0.25) is 0 Å². The van der Waals surface area contributed by atoms with Crippen molar-refractivity contribution in [1.29, 1.82) is 0 Å². The van der Waals surface area contributed by atoms with Crippen molar-refractivity contribution in [3.8, 4) is 0 Å². The Morgan fingerprint density at radius 2 is 1.83 bits per heavy atom. The first-order chi connectivity index (χ1) is 11.9. The number of rotatable bonds is 6. The smallest absolute Gasteiger partial charge is 0.407 e. The zero-order valence-electron chi connectivity index (χ0n) is 13.2. The number of hydrogen-bond donors (Lipinski definition) is 0. The van der Waals surface area contributed by atoms with E-state index >= 15 is 0 Å². The number of benzene rings is 2. The van der Waals surface area contributed by atoms with Crippen molar-refractivity contribution in [1.82, 2.24) is 0 Å². The normalized spacial score (nSPS) is 20.4. The average molecular weight is 323 g/mol. The van der Waals surface area contributed by atoms with E-state index in [2.05, 4.69) is 10.0 Å². The summed E-state index contributed by atoms with van der Waals surface area (Å²) in [5.74, 6) is 0. The number of hydrogen-bond acceptors (Lipinski definition) is 4. The third-order valence-electron chi connectivity index (χ3n) is 3.81. The van der Waals surface area contributed by atoms with E-state index in [1.165, 1.54) is 0 Å². The van der Waals surface area contributed by atoms with Crippen molar-refractivity contribution in [2.24, 2.45) is 5.11 Å². The molecular formula is C17H18BN3O3. The van der Waals surface area contributed by atoms with E-state index in [1.807, 2.05) is 60.7 Å². The standard InChI is InChI=1S/C17H18BN3O3/c19-21-20-16-12-23-18(15-9-5-2-6-10-15)24-17(16)13-22-11-14-7-3-1-4-8-14/h1-10,16-17H,11-13H2/t16-,17+/m1/s1. The van der Waals surface area contributed by atoms with Gasteiger partial charge in [-0.25, -0.2) is 0 Å². The quantitative estimate of drug-likeness (QED) is 0.355. The minimum atomic E-state index is -0.471. The summed E-state index contributed by atoms with van der Waals surface area (Å²) >= 11 is 0. The maximum atomic E-state index is 8.73. The minimum Gasteiger partial charge on any atom is -0.407 e. The summed E-state index contributed by atoms with van der Waals surface area (Å²) < 4.78 is 17.4. The molecule has 1 fully saturated rings. The highest BCUT2D eigenvalue weighted by Crippen LogP contribution is 2.16. The van der Waals surface area contributed by atoms with E-state index < -0.39 is 13.2 Å². The van der Waals surface area contributed by atoms with Crippen LogP contribution in [0.25, 0.3) is 10.4 Å². The Labute approximate surface area is 141 Å². The van der Waals surface area contributed by atoms with Gasteiger partial charge in [0.2, 0.25) is 0 Å². The SMILES string of the molecule is [N-]=[N+]=N[C@@H]1COB(c2ccccc2)O[C@H]1COCc1ccccc1. The zero-order valence-corrected chi connectivity index (χ0v) is 13.2. The van der Waals surface area contributed by atoms with E-state index in [0.29, 0.717) is 19.8 Å². The second-order valence-corrected chi connectivity index (χ2v) is 5.52. The van der Waals surface area contributed by atoms with Gasteiger partial charge in [-0.3, -0.25) is 0 Å². The largest absolute Gasteiger partial charge is 0.494 e. The van der Waals surface area contributed by atoms with Crippen LogP contribution < -0.4 is 5.46 Å². The molecule has 0 radical (unpaired) electrons. The molecule has 0 spiro atoms. The van der Waals surface area contributed by atoms with Gasteiger partial charge < -0.3 is 14.0 Å². The summed E-state index contributed by atoms with van der Waals surface area (Å²) in [4.78, 5) is 2.88. The van der Waals surface area contributed by atoms with Gasteiger partial charge in [-0.2, -0.15) is 0 Å². The highest BCUT2D eigenvalue weighted by atomic mass is 16.6. The Balaban J connectivity index is 1.61. The molecule has 0 saturated carbocycles. The van der Waals surface area contributed by atoms with E-state index in [-0.39, 0.29) is 6.10 Å². The van der Waals surface area contributed by atoms with Gasteiger partial charge >= 0.3 is 7.12 Å². The first-order valence-electron chi connectivity index (χ1n) is 7.84. The van der Waals surface area contributed by atoms with Gasteiger partial charge in [-0.1, -0.05) is 65.8 Å². The molecule has 2 atom stereocenters. The summed E-state index contributed by atoms with van der Waals surface area (Å²) in [5, 5.41) is 3.77. The molecule has 3 rings (SSSR count). The fraction of sp³-hybridized carbons (Fsp3) is 0.294. The van der Waals surface area contributed by atoms with E-state index in [4.69, 9.17) is 19.6 Å². The van der Waals surface area contributed by atoms with Crippen LogP contribution in [-0.2, 0) is 20.7 Å². The van der Waals surface area contributed by atoms with Crippen molar-refractivity contribution >= 4 is 12.6 Å². The molecule has 0 amide bonds. The second kappa shape index (κ2) is 8.52. The Bertz CT molecular complexity index is 680. The van der Waals surface area contributed by atoms with E-state index in [1.54, 1.807) is 0 Å². The second-order valence-electron chi connectivity index (χ2n) is 5.52. The highest BCUT2D eigenvalue weighted by Gasteiger charge is 2.36. The lowest BCUT2D eigenvalue weighted by Crippen LogP contribution is -2.52. The van der Waals surface area contributed by atoms with Crippen molar-refractivity contribution in [2.45, 2.75) is 18.8 Å². The van der Waals surface area contributed by atoms with Crippen molar-refractivity contribution in [3.05, 3.63) is 76.7 Å². The van der Waals surface area contributed by atoms with Crippen LogP contribution in [0.3, 0.4) is 0 Å². The van der Waals surface area contributed by atoms with Crippen LogP contribution in [0.15, 0.2) is 65.8 Å². The molecule has 0 aromatic heterocycles. The third kappa shape index (κ3) is 4.37. The average Bonchev–Trinajstić information content (AvgIpc) is 2.65. The summed E-state index contributed by atoms with van der Waals surface area (Å²) in [5.41, 5.74) is 10.8. The summed E-state index contributed by atoms with van der Waals surface area (Å²) in [6, 6.07) is 19.2. The van der Waals surface area contributed by atoms with Gasteiger partial charge in [-0.05, 0) is 16.6 Å². The monoisotopic (exact) mass is 323 g/mol. The fourth-order valence-electron chi connectivity index (χ4n) is 2.56. The molecule has 2 aromatic carbocycles. The molecule has 122 valence electrons. The van der Waals surface area contributed by atoms with Gasteiger partial charge in [0, 0.05) is 11.5 Å². The van der Waals surface area contributed by atoms with Crippen LogP contribution in [0.4, 0.5) is 0 Å². The molecule has 0 unspecified atom stereocenters. The lowest BCUT2D eigenvalue weighted by atomic mass is 9.77. The van der Waals surface area contributed by atoms with Crippen molar-refractivity contribution in [2.75, 3.05) is 13.2 Å². The molecule has 0 aliphatic carbocycles. The van der Waals surface area contributed by atoms with Gasteiger partial charge in [0.1, 0.15) is 0 Å². The number of nitrogens with zero attached hydrogens (tertiary/aromatic N) is 3. The predicted octanol–water partition coefficient (Wildman–Crippen LogP) is 2.69. The molecule has 2 aromatic rings. The maximum absolute atomic E-state index is 8.73. The molecule has 1 saturated heterocycles. The lowest BCUT2D eigenvalue weighted by Gasteiger charge is -2.32. The molecule has 0 bridgehead atoms. The predicted molar refractivity (Wildman–Crippen MR) is 91.7 cm³/mol. The zero-order chi connectivity index (χ0) is 16.6. The first-order valence-corrected chi connectivity index (χ1v) is 7.84. The molecule has 1 heterocycles. The van der Waals surface area contributed by atoms with Crippen LogP contribution in [-0.4, -0.2) is 32.5 Å². The van der Waals surface area contributed by atoms with Gasteiger partial charge in [0.15, 0.2) is 0 Å². The molecule has 1 aliphatic rings. The van der Waals surface area contributed by atoms with Crippen LogP contribution in [0.1, 0.15) is 5.56 Å². The number of azide groups is 1. The molecule has 1 aliphatic heterocycles. The summed E-state index contributed by atoms with van der Waals surface area (Å²) in [6.45, 7) is 1.13. The molecule has 7 heteroatoms. The first kappa shape index (κ1) is 16.5. The topological polar surface area (TPSA) is 76.5 Å². The minimum absolute atomic E-state index is 0.309. The Morgan fingerprint density at radius 1 is 1.12 bits per heavy atom. The Morgan fingerprint density at radius 3 is 2.54 bits per heavy atom. The van der Waals surface area contributed by atoms with Crippen LogP contribution >= 0.6 is 0 Å². The summed E-state index contributed by atoms with van der Waals surface area (Å²) in [7, 11) is -0.471. The van der Waals surface area contributed by atoms with Gasteiger partial charge in [0.25, 0.3) is 0 Å². The molecule has 0 N–H and O–H groups in total. The van der Waals surface area contributed by atoms with Crippen molar-refractivity contribution < 1.29 is 14.0 Å². The lowest BCUT2D eigenvalue weighted by molar-refractivity contribution is -0.0153. The fourth-order valence-corrected chi connectivity index (χ4v) is 2.56. The van der Waals surface area contributed by atoms with Crippen molar-refractivity contribution in [3.63, 3.8) is 0 Å². The van der Waals surface area contributed by atoms with Gasteiger partial charge in [-0.15, -0.1) is 0 Å². The van der Waals surface area contributed by atoms with E-state index in [0.717, 1.165) is 11.0 Å². The van der Waals surface area contributed by atoms with Crippen LogP contribution in [0, 0.1) is 0 Å².